The van der Waals surface area contributed by atoms with Crippen LogP contribution in [0, 0.1) is 19.7 Å². The fraction of sp³-hybridized carbons (Fsp3) is 0.381. The van der Waals surface area contributed by atoms with Crippen LogP contribution in [0.4, 0.5) is 15.8 Å². The molecule has 0 aliphatic carbocycles. The van der Waals surface area contributed by atoms with Crippen LogP contribution in [0.25, 0.3) is 0 Å². The number of amides is 1. The highest BCUT2D eigenvalue weighted by molar-refractivity contribution is 5.92. The second-order valence-corrected chi connectivity index (χ2v) is 6.86. The predicted molar refractivity (Wildman–Crippen MR) is 101 cm³/mol. The van der Waals surface area contributed by atoms with E-state index in [1.54, 1.807) is 6.07 Å². The Labute approximate surface area is 148 Å². The topological polar surface area (TPSA) is 41.1 Å². The lowest BCUT2D eigenvalue weighted by Gasteiger charge is -2.28. The summed E-state index contributed by atoms with van der Waals surface area (Å²) in [7, 11) is 0. The van der Waals surface area contributed by atoms with E-state index < -0.39 is 0 Å². The number of hydrogen-bond donors (Lipinski definition) is 2. The maximum atomic E-state index is 13.4. The van der Waals surface area contributed by atoms with E-state index in [4.69, 9.17) is 0 Å². The van der Waals surface area contributed by atoms with Gasteiger partial charge in [-0.25, -0.2) is 4.39 Å². The van der Waals surface area contributed by atoms with Gasteiger partial charge in [-0.15, -0.1) is 0 Å². The van der Waals surface area contributed by atoms with E-state index in [1.807, 2.05) is 26.8 Å². The van der Waals surface area contributed by atoms with Crippen LogP contribution in [0.1, 0.15) is 54.5 Å². The minimum Gasteiger partial charge on any atom is -0.378 e. The first-order valence-electron chi connectivity index (χ1n) is 8.94. The fourth-order valence-electron chi connectivity index (χ4n) is 3.54. The summed E-state index contributed by atoms with van der Waals surface area (Å²) in [6, 6.07) is 9.41. The van der Waals surface area contributed by atoms with Gasteiger partial charge in [-0.2, -0.15) is 0 Å². The summed E-state index contributed by atoms with van der Waals surface area (Å²) in [6.07, 6.45) is 3.17. The molecular weight excluding hydrogens is 315 g/mol. The zero-order chi connectivity index (χ0) is 18.0. The van der Waals surface area contributed by atoms with E-state index in [-0.39, 0.29) is 17.8 Å². The summed E-state index contributed by atoms with van der Waals surface area (Å²) in [5.74, 6) is -0.119. The van der Waals surface area contributed by atoms with Gasteiger partial charge in [-0.3, -0.25) is 4.79 Å². The normalized spacial score (nSPS) is 16.1. The number of halogens is 1. The van der Waals surface area contributed by atoms with Crippen LogP contribution in [-0.4, -0.2) is 5.91 Å². The summed E-state index contributed by atoms with van der Waals surface area (Å²) in [4.78, 5) is 11.9. The average molecular weight is 340 g/mol. The van der Waals surface area contributed by atoms with E-state index in [1.165, 1.54) is 11.6 Å². The molecule has 1 atom stereocenters. The van der Waals surface area contributed by atoms with E-state index in [0.29, 0.717) is 6.42 Å². The molecule has 2 aromatic carbocycles. The lowest BCUT2D eigenvalue weighted by molar-refractivity contribution is -0.116. The van der Waals surface area contributed by atoms with Gasteiger partial charge >= 0.3 is 0 Å². The van der Waals surface area contributed by atoms with Crippen LogP contribution in [0.2, 0.25) is 0 Å². The first kappa shape index (κ1) is 17.5. The summed E-state index contributed by atoms with van der Waals surface area (Å²) in [5, 5.41) is 6.55. The van der Waals surface area contributed by atoms with Crippen LogP contribution in [0.3, 0.4) is 0 Å². The zero-order valence-electron chi connectivity index (χ0n) is 15.1. The minimum absolute atomic E-state index is 0.0631. The smallest absolute Gasteiger partial charge is 0.224 e. The van der Waals surface area contributed by atoms with Crippen molar-refractivity contribution in [3.8, 4) is 0 Å². The molecule has 1 heterocycles. The molecule has 0 saturated carbocycles. The van der Waals surface area contributed by atoms with Gasteiger partial charge < -0.3 is 10.6 Å². The average Bonchev–Trinajstić information content (AvgIpc) is 2.57. The summed E-state index contributed by atoms with van der Waals surface area (Å²) < 4.78 is 13.4. The Hall–Kier alpha value is -2.36. The molecule has 0 saturated heterocycles. The maximum Gasteiger partial charge on any atom is 0.224 e. The molecule has 3 nitrogen and oxygen atoms in total. The lowest BCUT2D eigenvalue weighted by Crippen LogP contribution is -2.19. The molecule has 0 aromatic heterocycles. The van der Waals surface area contributed by atoms with Gasteiger partial charge in [-0.05, 0) is 73.6 Å². The van der Waals surface area contributed by atoms with Crippen LogP contribution in [0.15, 0.2) is 30.3 Å². The zero-order valence-corrected chi connectivity index (χ0v) is 15.1. The Kier molecular flexibility index (Phi) is 5.07. The van der Waals surface area contributed by atoms with Gasteiger partial charge in [0.25, 0.3) is 0 Å². The summed E-state index contributed by atoms with van der Waals surface area (Å²) in [5.41, 5.74) is 6.32. The van der Waals surface area contributed by atoms with Gasteiger partial charge in [0.05, 0.1) is 6.04 Å². The molecule has 25 heavy (non-hydrogen) atoms. The molecule has 1 aliphatic heterocycles. The molecule has 0 bridgehead atoms. The van der Waals surface area contributed by atoms with Crippen molar-refractivity contribution in [2.24, 2.45) is 0 Å². The van der Waals surface area contributed by atoms with Crippen molar-refractivity contribution < 1.29 is 9.18 Å². The van der Waals surface area contributed by atoms with Crippen molar-refractivity contribution >= 4 is 17.3 Å². The predicted octanol–water partition coefficient (Wildman–Crippen LogP) is 5.28. The molecule has 3 rings (SSSR count). The number of nitrogens with one attached hydrogen (secondary N) is 2. The Morgan fingerprint density at radius 1 is 1.24 bits per heavy atom. The number of hydrogen-bond acceptors (Lipinski definition) is 2. The molecule has 132 valence electrons. The minimum atomic E-state index is -0.183. The highest BCUT2D eigenvalue weighted by atomic mass is 19.1. The van der Waals surface area contributed by atoms with Gasteiger partial charge in [-0.1, -0.05) is 19.1 Å². The molecule has 0 spiro atoms. The molecule has 1 aliphatic rings. The van der Waals surface area contributed by atoms with Crippen molar-refractivity contribution in [2.75, 3.05) is 10.6 Å². The van der Waals surface area contributed by atoms with Crippen molar-refractivity contribution in [1.29, 1.82) is 0 Å². The lowest BCUT2D eigenvalue weighted by atomic mass is 9.91. The first-order valence-corrected chi connectivity index (χ1v) is 8.94. The summed E-state index contributed by atoms with van der Waals surface area (Å²) >= 11 is 0. The Morgan fingerprint density at radius 2 is 1.96 bits per heavy atom. The number of anilines is 2. The fourth-order valence-corrected chi connectivity index (χ4v) is 3.54. The third-order valence-corrected chi connectivity index (χ3v) is 4.80. The third kappa shape index (κ3) is 3.84. The van der Waals surface area contributed by atoms with Crippen LogP contribution in [-0.2, 0) is 11.2 Å². The number of rotatable bonds is 4. The van der Waals surface area contributed by atoms with E-state index in [9.17, 15) is 9.18 Å². The highest BCUT2D eigenvalue weighted by Gasteiger charge is 2.21. The molecule has 2 N–H and O–H groups in total. The number of aryl methyl sites for hydroxylation is 3. The second kappa shape index (κ2) is 7.26. The van der Waals surface area contributed by atoms with Crippen molar-refractivity contribution in [2.45, 2.75) is 52.5 Å². The molecule has 1 unspecified atom stereocenters. The van der Waals surface area contributed by atoms with Gasteiger partial charge in [0, 0.05) is 17.8 Å². The Morgan fingerprint density at radius 3 is 2.64 bits per heavy atom. The Bertz CT molecular complexity index is 777. The molecule has 0 radical (unpaired) electrons. The van der Waals surface area contributed by atoms with Gasteiger partial charge in [0.2, 0.25) is 5.91 Å². The largest absolute Gasteiger partial charge is 0.378 e. The SMILES string of the molecule is CCCC(=O)Nc1c(C)cc(C2CCc3cc(F)ccc3N2)cc1C. The maximum absolute atomic E-state index is 13.4. The molecule has 4 heteroatoms. The van der Waals surface area contributed by atoms with Crippen LogP contribution < -0.4 is 10.6 Å². The van der Waals surface area contributed by atoms with Crippen LogP contribution >= 0.6 is 0 Å². The van der Waals surface area contributed by atoms with Crippen molar-refractivity contribution in [1.82, 2.24) is 0 Å². The Balaban J connectivity index is 1.82. The molecule has 2 aromatic rings. The second-order valence-electron chi connectivity index (χ2n) is 6.86. The molecule has 1 amide bonds. The number of benzene rings is 2. The first-order chi connectivity index (χ1) is 12.0. The molecule has 0 fully saturated rings. The van der Waals surface area contributed by atoms with E-state index in [2.05, 4.69) is 22.8 Å². The number of carbonyl (C=O) groups is 1. The van der Waals surface area contributed by atoms with Crippen LogP contribution in [0.5, 0.6) is 0 Å². The third-order valence-electron chi connectivity index (χ3n) is 4.80. The number of carbonyl (C=O) groups excluding carboxylic acids is 1. The van der Waals surface area contributed by atoms with Gasteiger partial charge in [0.15, 0.2) is 0 Å². The highest BCUT2D eigenvalue weighted by Crippen LogP contribution is 2.35. The number of fused-ring (bicyclic) bond motifs is 1. The van der Waals surface area contributed by atoms with E-state index >= 15 is 0 Å². The van der Waals surface area contributed by atoms with Crippen molar-refractivity contribution in [3.05, 3.63) is 58.4 Å². The monoisotopic (exact) mass is 340 g/mol. The summed E-state index contributed by atoms with van der Waals surface area (Å²) in [6.45, 7) is 6.06. The standard InChI is InChI=1S/C21H25FN2O/c1-4-5-20(25)24-21-13(2)10-16(11-14(21)3)19-8-6-15-12-17(22)7-9-18(15)23-19/h7,9-12,19,23H,4-6,8H2,1-3H3,(H,24,25). The molecular formula is C21H25FN2O. The van der Waals surface area contributed by atoms with Gasteiger partial charge in [0.1, 0.15) is 5.82 Å². The van der Waals surface area contributed by atoms with E-state index in [0.717, 1.165) is 47.3 Å². The quantitative estimate of drug-likeness (QED) is 0.795. The van der Waals surface area contributed by atoms with Crippen molar-refractivity contribution in [3.63, 3.8) is 0 Å².